The first-order chi connectivity index (χ1) is 9.65. The van der Waals surface area contributed by atoms with Crippen LogP contribution in [0.3, 0.4) is 0 Å². The van der Waals surface area contributed by atoms with Crippen LogP contribution in [0.1, 0.15) is 5.56 Å². The predicted molar refractivity (Wildman–Crippen MR) is 82.9 cm³/mol. The van der Waals surface area contributed by atoms with E-state index < -0.39 is 0 Å². The first-order valence-electron chi connectivity index (χ1n) is 5.60. The second-order valence-corrected chi connectivity index (χ2v) is 5.50. The molecule has 1 aliphatic heterocycles. The molecular weight excluding hydrogens is 346 g/mol. The van der Waals surface area contributed by atoms with Gasteiger partial charge >= 0.3 is 0 Å². The van der Waals surface area contributed by atoms with Gasteiger partial charge in [0.05, 0.1) is 31.8 Å². The van der Waals surface area contributed by atoms with E-state index in [2.05, 4.69) is 31.4 Å². The summed E-state index contributed by atoms with van der Waals surface area (Å²) in [7, 11) is 3.12. The smallest absolute Gasteiger partial charge is 0.236 e. The van der Waals surface area contributed by atoms with Crippen LogP contribution < -0.4 is 14.8 Å². The molecular formula is C12H12BrN3O3S. The summed E-state index contributed by atoms with van der Waals surface area (Å²) in [6.45, 7) is 0. The number of amides is 1. The van der Waals surface area contributed by atoms with Crippen molar-refractivity contribution in [1.82, 2.24) is 5.32 Å². The molecule has 1 heterocycles. The third-order valence-corrected chi connectivity index (χ3v) is 4.01. The summed E-state index contributed by atoms with van der Waals surface area (Å²) in [5.41, 5.74) is 0.713. The Hall–Kier alpha value is -1.54. The molecule has 1 aromatic carbocycles. The minimum atomic E-state index is -0.0657. The highest BCUT2D eigenvalue weighted by Gasteiger charge is 2.16. The van der Waals surface area contributed by atoms with Gasteiger partial charge in [-0.1, -0.05) is 11.8 Å². The zero-order chi connectivity index (χ0) is 14.5. The van der Waals surface area contributed by atoms with E-state index in [4.69, 9.17) is 9.47 Å². The zero-order valence-electron chi connectivity index (χ0n) is 10.8. The first-order valence-corrected chi connectivity index (χ1v) is 7.37. The number of rotatable bonds is 4. The maximum atomic E-state index is 11.0. The molecule has 0 radical (unpaired) electrons. The average Bonchev–Trinajstić information content (AvgIpc) is 2.86. The highest BCUT2D eigenvalue weighted by atomic mass is 79.9. The number of hydrogen-bond donors (Lipinski definition) is 1. The van der Waals surface area contributed by atoms with Crippen molar-refractivity contribution in [3.05, 3.63) is 22.2 Å². The van der Waals surface area contributed by atoms with E-state index in [1.54, 1.807) is 26.5 Å². The highest BCUT2D eigenvalue weighted by Crippen LogP contribution is 2.34. The molecule has 1 aromatic rings. The molecule has 0 spiro atoms. The van der Waals surface area contributed by atoms with Crippen LogP contribution >= 0.6 is 27.7 Å². The lowest BCUT2D eigenvalue weighted by atomic mass is 10.2. The van der Waals surface area contributed by atoms with E-state index in [0.717, 1.165) is 4.47 Å². The summed E-state index contributed by atoms with van der Waals surface area (Å²) in [6.07, 6.45) is 1.55. The second kappa shape index (κ2) is 6.76. The fourth-order valence-electron chi connectivity index (χ4n) is 1.57. The standard InChI is InChI=1S/C12H12BrN3O3S/c1-18-9-4-3-8(13)7(11(9)19-2)5-14-16-12-15-10(17)6-20-12/h3-5H,6H2,1-2H3,(H,15,16,17). The number of ether oxygens (including phenoxy) is 2. The van der Waals surface area contributed by atoms with Gasteiger partial charge in [-0.05, 0) is 28.1 Å². The lowest BCUT2D eigenvalue weighted by Gasteiger charge is -2.11. The van der Waals surface area contributed by atoms with Crippen LogP contribution in [0.2, 0.25) is 0 Å². The maximum absolute atomic E-state index is 11.0. The van der Waals surface area contributed by atoms with Gasteiger partial charge in [0, 0.05) is 4.47 Å². The number of halogens is 1. The molecule has 6 nitrogen and oxygen atoms in total. The summed E-state index contributed by atoms with van der Waals surface area (Å²) < 4.78 is 11.3. The van der Waals surface area contributed by atoms with Crippen molar-refractivity contribution in [2.75, 3.05) is 20.0 Å². The van der Waals surface area contributed by atoms with Crippen molar-refractivity contribution in [2.45, 2.75) is 0 Å². The van der Waals surface area contributed by atoms with Gasteiger partial charge in [0.25, 0.3) is 0 Å². The molecule has 1 amide bonds. The maximum Gasteiger partial charge on any atom is 0.236 e. The normalized spacial score (nSPS) is 16.8. The molecule has 1 saturated heterocycles. The highest BCUT2D eigenvalue weighted by molar-refractivity contribution is 9.10. The van der Waals surface area contributed by atoms with Crippen molar-refractivity contribution in [3.63, 3.8) is 0 Å². The van der Waals surface area contributed by atoms with E-state index in [9.17, 15) is 4.79 Å². The number of carbonyl (C=O) groups excluding carboxylic acids is 1. The number of methoxy groups -OCH3 is 2. The van der Waals surface area contributed by atoms with E-state index in [0.29, 0.717) is 28.0 Å². The Bertz CT molecular complexity index is 590. The number of carbonyl (C=O) groups is 1. The molecule has 1 aliphatic rings. The summed E-state index contributed by atoms with van der Waals surface area (Å²) >= 11 is 4.74. The average molecular weight is 358 g/mol. The molecule has 0 unspecified atom stereocenters. The van der Waals surface area contributed by atoms with Crippen molar-refractivity contribution in [2.24, 2.45) is 10.2 Å². The summed E-state index contributed by atoms with van der Waals surface area (Å²) in [5.74, 6) is 1.48. The SMILES string of the molecule is COc1ccc(Br)c(C=NN=C2NC(=O)CS2)c1OC. The topological polar surface area (TPSA) is 72.3 Å². The fourth-order valence-corrected chi connectivity index (χ4v) is 2.61. The summed E-state index contributed by atoms with van der Waals surface area (Å²) in [4.78, 5) is 11.0. The lowest BCUT2D eigenvalue weighted by molar-refractivity contribution is -0.116. The van der Waals surface area contributed by atoms with Gasteiger partial charge in [0.2, 0.25) is 5.91 Å². The third-order valence-electron chi connectivity index (χ3n) is 2.45. The van der Waals surface area contributed by atoms with Gasteiger partial charge < -0.3 is 14.8 Å². The molecule has 0 aliphatic carbocycles. The number of nitrogens with one attached hydrogen (secondary N) is 1. The van der Waals surface area contributed by atoms with Crippen LogP contribution in [-0.2, 0) is 4.79 Å². The molecule has 0 aromatic heterocycles. The Morgan fingerprint density at radius 2 is 2.20 bits per heavy atom. The van der Waals surface area contributed by atoms with Crippen LogP contribution in [0.4, 0.5) is 0 Å². The predicted octanol–water partition coefficient (Wildman–Crippen LogP) is 2.02. The number of thioether (sulfide) groups is 1. The lowest BCUT2D eigenvalue weighted by Crippen LogP contribution is -2.19. The quantitative estimate of drug-likeness (QED) is 0.660. The Balaban J connectivity index is 2.26. The largest absolute Gasteiger partial charge is 0.493 e. The van der Waals surface area contributed by atoms with Crippen LogP contribution in [0, 0.1) is 0 Å². The molecule has 1 N–H and O–H groups in total. The van der Waals surface area contributed by atoms with E-state index >= 15 is 0 Å². The Morgan fingerprint density at radius 1 is 1.40 bits per heavy atom. The molecule has 20 heavy (non-hydrogen) atoms. The molecule has 0 bridgehead atoms. The van der Waals surface area contributed by atoms with Gasteiger partial charge in [0.15, 0.2) is 16.7 Å². The van der Waals surface area contributed by atoms with Gasteiger partial charge in [-0.3, -0.25) is 4.79 Å². The first kappa shape index (κ1) is 14.9. The van der Waals surface area contributed by atoms with Gasteiger partial charge in [-0.25, -0.2) is 0 Å². The zero-order valence-corrected chi connectivity index (χ0v) is 13.2. The van der Waals surface area contributed by atoms with Gasteiger partial charge in [0.1, 0.15) is 0 Å². The fraction of sp³-hybridized carbons (Fsp3) is 0.250. The summed E-state index contributed by atoms with van der Waals surface area (Å²) in [6, 6.07) is 3.63. The van der Waals surface area contributed by atoms with E-state index in [1.807, 2.05) is 6.07 Å². The molecule has 0 saturated carbocycles. The van der Waals surface area contributed by atoms with E-state index in [-0.39, 0.29) is 5.91 Å². The van der Waals surface area contributed by atoms with Crippen LogP contribution in [0.25, 0.3) is 0 Å². The molecule has 0 atom stereocenters. The molecule has 106 valence electrons. The van der Waals surface area contributed by atoms with Gasteiger partial charge in [-0.2, -0.15) is 5.10 Å². The third kappa shape index (κ3) is 3.31. The number of hydrogen-bond acceptors (Lipinski definition) is 6. The van der Waals surface area contributed by atoms with Crippen molar-refractivity contribution < 1.29 is 14.3 Å². The number of amidine groups is 1. The Labute approximate surface area is 128 Å². The Morgan fingerprint density at radius 3 is 2.80 bits per heavy atom. The van der Waals surface area contributed by atoms with Crippen molar-refractivity contribution in [1.29, 1.82) is 0 Å². The minimum Gasteiger partial charge on any atom is -0.493 e. The summed E-state index contributed by atoms with van der Waals surface area (Å²) in [5, 5.41) is 11.0. The molecule has 1 fully saturated rings. The van der Waals surface area contributed by atoms with Crippen LogP contribution in [0.5, 0.6) is 11.5 Å². The number of benzene rings is 1. The van der Waals surface area contributed by atoms with Crippen molar-refractivity contribution in [3.8, 4) is 11.5 Å². The molecule has 8 heteroatoms. The monoisotopic (exact) mass is 357 g/mol. The molecule has 2 rings (SSSR count). The second-order valence-electron chi connectivity index (χ2n) is 3.68. The van der Waals surface area contributed by atoms with Gasteiger partial charge in [-0.15, -0.1) is 5.10 Å². The van der Waals surface area contributed by atoms with Crippen LogP contribution in [-0.4, -0.2) is 37.3 Å². The minimum absolute atomic E-state index is 0.0657. The Kier molecular flexibility index (Phi) is 5.02. The van der Waals surface area contributed by atoms with E-state index in [1.165, 1.54) is 11.8 Å². The number of nitrogens with zero attached hydrogens (tertiary/aromatic N) is 2. The van der Waals surface area contributed by atoms with Crippen LogP contribution in [0.15, 0.2) is 26.8 Å². The van der Waals surface area contributed by atoms with Crippen molar-refractivity contribution >= 4 is 45.0 Å².